The predicted octanol–water partition coefficient (Wildman–Crippen LogP) is 3.91. The maximum absolute atomic E-state index is 12.3. The molecule has 0 aliphatic rings. The molecule has 2 heterocycles. The summed E-state index contributed by atoms with van der Waals surface area (Å²) in [6.07, 6.45) is 0. The van der Waals surface area contributed by atoms with Gasteiger partial charge in [0.15, 0.2) is 12.3 Å². The Morgan fingerprint density at radius 3 is 2.73 bits per heavy atom. The lowest BCUT2D eigenvalue weighted by atomic mass is 10.3. The highest BCUT2D eigenvalue weighted by Crippen LogP contribution is 2.29. The first-order valence-electron chi connectivity index (χ1n) is 9.27. The molecule has 0 fully saturated rings. The molecule has 0 radical (unpaired) electrons. The molecular formula is C22H19N3O4S. The summed E-state index contributed by atoms with van der Waals surface area (Å²) < 4.78 is 12.0. The van der Waals surface area contributed by atoms with Crippen molar-refractivity contribution in [1.29, 1.82) is 0 Å². The van der Waals surface area contributed by atoms with Crippen LogP contribution in [0.2, 0.25) is 0 Å². The van der Waals surface area contributed by atoms with Gasteiger partial charge in [0.05, 0.1) is 11.4 Å². The number of ether oxygens (including phenoxy) is 1. The number of fused-ring (bicyclic) bond motifs is 1. The van der Waals surface area contributed by atoms with Crippen LogP contribution in [-0.4, -0.2) is 22.1 Å². The van der Waals surface area contributed by atoms with Gasteiger partial charge in [-0.05, 0) is 31.2 Å². The summed E-state index contributed by atoms with van der Waals surface area (Å²) in [4.78, 5) is 29.8. The minimum atomic E-state index is -0.261. The number of nitrogens with zero attached hydrogens (tertiary/aromatic N) is 2. The topological polar surface area (TPSA) is 85.8 Å². The fraction of sp³-hybridized carbons (Fsp3) is 0.136. The number of hydrogen-bond acceptors (Lipinski definition) is 6. The average Bonchev–Trinajstić information content (AvgIpc) is 3.13. The second kappa shape index (κ2) is 8.87. The average molecular weight is 421 g/mol. The van der Waals surface area contributed by atoms with E-state index in [1.165, 1.54) is 22.4 Å². The van der Waals surface area contributed by atoms with Crippen molar-refractivity contribution in [3.63, 3.8) is 0 Å². The van der Waals surface area contributed by atoms with Crippen molar-refractivity contribution in [2.24, 2.45) is 0 Å². The van der Waals surface area contributed by atoms with Gasteiger partial charge in [0.1, 0.15) is 11.5 Å². The number of benzene rings is 2. The summed E-state index contributed by atoms with van der Waals surface area (Å²) >= 11 is 1.48. The number of nitrogens with one attached hydrogen (secondary N) is 1. The molecule has 0 saturated carbocycles. The molecule has 0 aliphatic heterocycles. The summed E-state index contributed by atoms with van der Waals surface area (Å²) in [7, 11) is 0. The van der Waals surface area contributed by atoms with E-state index in [-0.39, 0.29) is 18.1 Å². The molecule has 7 nitrogen and oxygen atoms in total. The van der Waals surface area contributed by atoms with Gasteiger partial charge in [-0.1, -0.05) is 30.3 Å². The highest BCUT2D eigenvalue weighted by molar-refractivity contribution is 7.98. The number of hydrogen-bond donors (Lipinski definition) is 1. The molecule has 0 spiro atoms. The van der Waals surface area contributed by atoms with Gasteiger partial charge < -0.3 is 14.6 Å². The minimum Gasteiger partial charge on any atom is -0.484 e. The summed E-state index contributed by atoms with van der Waals surface area (Å²) in [5.41, 5.74) is 1.54. The summed E-state index contributed by atoms with van der Waals surface area (Å²) in [6, 6.07) is 19.8. The number of carbonyl (C=O) groups excluding carboxylic acids is 1. The quantitative estimate of drug-likeness (QED) is 0.456. The Bertz CT molecular complexity index is 1230. The normalized spacial score (nSPS) is 10.8. The van der Waals surface area contributed by atoms with Crippen LogP contribution < -0.4 is 15.6 Å². The molecule has 2 aromatic carbocycles. The molecule has 30 heavy (non-hydrogen) atoms. The summed E-state index contributed by atoms with van der Waals surface area (Å²) in [5.74, 6) is 1.48. The number of carbonyl (C=O) groups is 1. The largest absolute Gasteiger partial charge is 0.484 e. The van der Waals surface area contributed by atoms with Gasteiger partial charge in [-0.15, -0.1) is 16.3 Å². The molecule has 152 valence electrons. The molecular weight excluding hydrogens is 402 g/mol. The van der Waals surface area contributed by atoms with E-state index >= 15 is 0 Å². The number of para-hydroxylation sites is 2. The highest BCUT2D eigenvalue weighted by Gasteiger charge is 2.11. The van der Waals surface area contributed by atoms with Crippen molar-refractivity contribution >= 4 is 29.0 Å². The van der Waals surface area contributed by atoms with Gasteiger partial charge in [0, 0.05) is 22.8 Å². The number of rotatable bonds is 7. The monoisotopic (exact) mass is 421 g/mol. The van der Waals surface area contributed by atoms with Crippen molar-refractivity contribution in [2.45, 2.75) is 17.6 Å². The molecule has 0 unspecified atom stereocenters. The van der Waals surface area contributed by atoms with Crippen LogP contribution in [0.1, 0.15) is 11.5 Å². The third-order valence-electron chi connectivity index (χ3n) is 4.17. The Morgan fingerprint density at radius 2 is 1.90 bits per heavy atom. The predicted molar refractivity (Wildman–Crippen MR) is 115 cm³/mol. The molecule has 4 rings (SSSR count). The summed E-state index contributed by atoms with van der Waals surface area (Å²) in [6.45, 7) is 1.68. The lowest BCUT2D eigenvalue weighted by Gasteiger charge is -2.11. The van der Waals surface area contributed by atoms with Gasteiger partial charge in [-0.25, -0.2) is 4.98 Å². The van der Waals surface area contributed by atoms with E-state index in [1.54, 1.807) is 25.1 Å². The van der Waals surface area contributed by atoms with Crippen molar-refractivity contribution in [2.75, 3.05) is 11.9 Å². The number of aromatic nitrogens is 2. The number of anilines is 1. The molecule has 0 aliphatic carbocycles. The lowest BCUT2D eigenvalue weighted by Crippen LogP contribution is -2.20. The van der Waals surface area contributed by atoms with E-state index in [1.807, 2.05) is 42.5 Å². The van der Waals surface area contributed by atoms with Gasteiger partial charge >= 0.3 is 0 Å². The van der Waals surface area contributed by atoms with Crippen molar-refractivity contribution in [1.82, 2.24) is 9.56 Å². The summed E-state index contributed by atoms with van der Waals surface area (Å²) in [5, 5.41) is 2.88. The number of thioether (sulfide) groups is 1. The maximum atomic E-state index is 12.3. The first kappa shape index (κ1) is 19.8. The lowest BCUT2D eigenvalue weighted by molar-refractivity contribution is -0.118. The van der Waals surface area contributed by atoms with Crippen molar-refractivity contribution < 1.29 is 14.1 Å². The molecule has 4 aromatic rings. The van der Waals surface area contributed by atoms with E-state index in [9.17, 15) is 9.59 Å². The van der Waals surface area contributed by atoms with Crippen LogP contribution in [0.25, 0.3) is 5.65 Å². The zero-order valence-electron chi connectivity index (χ0n) is 16.2. The Labute approximate surface area is 176 Å². The molecule has 0 atom stereocenters. The van der Waals surface area contributed by atoms with Crippen LogP contribution in [0.5, 0.6) is 5.75 Å². The van der Waals surface area contributed by atoms with Crippen molar-refractivity contribution in [3.05, 3.63) is 88.5 Å². The van der Waals surface area contributed by atoms with Gasteiger partial charge in [0.2, 0.25) is 0 Å². The zero-order valence-corrected chi connectivity index (χ0v) is 17.0. The first-order valence-corrected chi connectivity index (χ1v) is 10.3. The van der Waals surface area contributed by atoms with Crippen LogP contribution in [0.3, 0.4) is 0 Å². The molecule has 0 saturated heterocycles. The standard InChI is InChI=1S/C22H19N3O4S/c1-15-11-20-23-16(12-22(27)25(20)29-15)14-30-19-10-6-5-9-18(19)24-21(26)13-28-17-7-3-2-4-8-17/h2-12H,13-14H2,1H3,(H,24,26). The van der Waals surface area contributed by atoms with Gasteiger partial charge in [-0.3, -0.25) is 9.59 Å². The number of amides is 1. The maximum Gasteiger partial charge on any atom is 0.287 e. The van der Waals surface area contributed by atoms with Crippen LogP contribution in [-0.2, 0) is 10.5 Å². The van der Waals surface area contributed by atoms with Crippen LogP contribution >= 0.6 is 11.8 Å². The molecule has 0 bridgehead atoms. The Morgan fingerprint density at radius 1 is 1.13 bits per heavy atom. The van der Waals surface area contributed by atoms with Crippen LogP contribution in [0.4, 0.5) is 5.69 Å². The zero-order chi connectivity index (χ0) is 20.9. The molecule has 2 aromatic heterocycles. The van der Waals surface area contributed by atoms with Gasteiger partial charge in [-0.2, -0.15) is 0 Å². The molecule has 1 amide bonds. The van der Waals surface area contributed by atoms with Crippen LogP contribution in [0.15, 0.2) is 80.9 Å². The fourth-order valence-corrected chi connectivity index (χ4v) is 3.75. The van der Waals surface area contributed by atoms with E-state index < -0.39 is 0 Å². The third-order valence-corrected chi connectivity index (χ3v) is 5.28. The first-order chi connectivity index (χ1) is 14.6. The Balaban J connectivity index is 1.42. The second-order valence-electron chi connectivity index (χ2n) is 6.52. The highest BCUT2D eigenvalue weighted by atomic mass is 32.2. The van der Waals surface area contributed by atoms with Crippen molar-refractivity contribution in [3.8, 4) is 5.75 Å². The van der Waals surface area contributed by atoms with E-state index in [2.05, 4.69) is 10.3 Å². The molecule has 8 heteroatoms. The SMILES string of the molecule is Cc1cc2nc(CSc3ccccc3NC(=O)COc3ccccc3)cc(=O)n2o1. The third kappa shape index (κ3) is 4.72. The van der Waals surface area contributed by atoms with E-state index in [4.69, 9.17) is 9.26 Å². The minimum absolute atomic E-state index is 0.0855. The fourth-order valence-electron chi connectivity index (χ4n) is 2.85. The second-order valence-corrected chi connectivity index (χ2v) is 7.54. The van der Waals surface area contributed by atoms with E-state index in [0.29, 0.717) is 34.3 Å². The van der Waals surface area contributed by atoms with Gasteiger partial charge in [0.25, 0.3) is 11.5 Å². The molecule has 1 N–H and O–H groups in total. The Hall–Kier alpha value is -3.52. The van der Waals surface area contributed by atoms with E-state index in [0.717, 1.165) is 4.90 Å². The van der Waals surface area contributed by atoms with Crippen LogP contribution in [0, 0.1) is 6.92 Å². The Kier molecular flexibility index (Phi) is 5.85. The smallest absolute Gasteiger partial charge is 0.287 e. The number of aryl methyl sites for hydroxylation is 1.